The van der Waals surface area contributed by atoms with E-state index in [4.69, 9.17) is 0 Å². The van der Waals surface area contributed by atoms with Crippen LogP contribution in [-0.2, 0) is 6.42 Å². The second-order valence-electron chi connectivity index (χ2n) is 4.68. The lowest BCUT2D eigenvalue weighted by molar-refractivity contribution is 0.0988. The number of nitrogens with zero attached hydrogens (tertiary/aromatic N) is 1. The van der Waals surface area contributed by atoms with Crippen LogP contribution in [0.1, 0.15) is 15.9 Å². The van der Waals surface area contributed by atoms with Crippen LogP contribution in [0.2, 0.25) is 0 Å². The van der Waals surface area contributed by atoms with Gasteiger partial charge < -0.3 is 0 Å². The molecule has 0 atom stereocenters. The molecule has 1 aromatic heterocycles. The molecule has 0 unspecified atom stereocenters. The number of halogens is 2. The van der Waals surface area contributed by atoms with E-state index < -0.39 is 5.82 Å². The summed E-state index contributed by atoms with van der Waals surface area (Å²) < 4.78 is 14.3. The molecule has 0 fully saturated rings. The molecule has 0 aliphatic carbocycles. The van der Waals surface area contributed by atoms with Crippen LogP contribution in [0.15, 0.2) is 59.2 Å². The SMILES string of the molecule is O=C(Cc1ccnc2ccccc12)c1c(F)cccc1Br. The van der Waals surface area contributed by atoms with Crippen molar-refractivity contribution < 1.29 is 9.18 Å². The van der Waals surface area contributed by atoms with E-state index in [2.05, 4.69) is 20.9 Å². The average molecular weight is 344 g/mol. The number of ketones is 1. The summed E-state index contributed by atoms with van der Waals surface area (Å²) in [5.41, 5.74) is 1.77. The summed E-state index contributed by atoms with van der Waals surface area (Å²) in [4.78, 5) is 16.7. The first-order chi connectivity index (χ1) is 10.2. The van der Waals surface area contributed by atoms with E-state index >= 15 is 0 Å². The normalized spacial score (nSPS) is 10.8. The molecule has 0 radical (unpaired) electrons. The Balaban J connectivity index is 2.01. The fourth-order valence-electron chi connectivity index (χ4n) is 2.33. The summed E-state index contributed by atoms with van der Waals surface area (Å²) in [6, 6.07) is 13.9. The second kappa shape index (κ2) is 5.74. The number of aromatic nitrogens is 1. The van der Waals surface area contributed by atoms with Crippen LogP contribution < -0.4 is 0 Å². The molecule has 21 heavy (non-hydrogen) atoms. The molecule has 0 spiro atoms. The van der Waals surface area contributed by atoms with E-state index in [0.29, 0.717) is 4.47 Å². The Labute approximate surface area is 129 Å². The van der Waals surface area contributed by atoms with E-state index in [9.17, 15) is 9.18 Å². The van der Waals surface area contributed by atoms with Crippen molar-refractivity contribution in [3.8, 4) is 0 Å². The minimum absolute atomic E-state index is 0.0957. The number of carbonyl (C=O) groups excluding carboxylic acids is 1. The molecular weight excluding hydrogens is 333 g/mol. The quantitative estimate of drug-likeness (QED) is 0.652. The standard InChI is InChI=1S/C17H11BrFNO/c18-13-5-3-6-14(19)17(13)16(21)10-11-8-9-20-15-7-2-1-4-12(11)15/h1-9H,10H2. The summed E-state index contributed by atoms with van der Waals surface area (Å²) in [5.74, 6) is -0.760. The number of Topliss-reactive ketones (excluding diaryl/α,β-unsaturated/α-hetero) is 1. The molecule has 3 rings (SSSR count). The average Bonchev–Trinajstić information content (AvgIpc) is 2.47. The third-order valence-corrected chi connectivity index (χ3v) is 3.99. The molecular formula is C17H11BrFNO. The molecule has 0 saturated carbocycles. The van der Waals surface area contributed by atoms with Crippen LogP contribution in [0.4, 0.5) is 4.39 Å². The first kappa shape index (κ1) is 13.9. The van der Waals surface area contributed by atoms with Crippen LogP contribution in [0.25, 0.3) is 10.9 Å². The third-order valence-electron chi connectivity index (χ3n) is 3.33. The summed E-state index contributed by atoms with van der Waals surface area (Å²) in [5, 5.41) is 0.917. The lowest BCUT2D eigenvalue weighted by Crippen LogP contribution is -2.07. The Bertz CT molecular complexity index is 806. The Morgan fingerprint density at radius 2 is 1.90 bits per heavy atom. The molecule has 104 valence electrons. The molecule has 0 N–H and O–H groups in total. The highest BCUT2D eigenvalue weighted by Gasteiger charge is 2.16. The number of para-hydroxylation sites is 1. The van der Waals surface area contributed by atoms with Crippen LogP contribution >= 0.6 is 15.9 Å². The number of carbonyl (C=O) groups is 1. The van der Waals surface area contributed by atoms with Gasteiger partial charge in [-0.3, -0.25) is 9.78 Å². The van der Waals surface area contributed by atoms with Crippen LogP contribution in [0, 0.1) is 5.82 Å². The molecule has 4 heteroatoms. The van der Waals surface area contributed by atoms with E-state index in [1.807, 2.05) is 24.3 Å². The van der Waals surface area contributed by atoms with E-state index in [0.717, 1.165) is 16.5 Å². The van der Waals surface area contributed by atoms with Crippen LogP contribution in [-0.4, -0.2) is 10.8 Å². The van der Waals surface area contributed by atoms with Gasteiger partial charge in [0.05, 0.1) is 11.1 Å². The van der Waals surface area contributed by atoms with Crippen molar-refractivity contribution in [2.75, 3.05) is 0 Å². The Hall–Kier alpha value is -2.07. The van der Waals surface area contributed by atoms with E-state index in [1.165, 1.54) is 6.07 Å². The van der Waals surface area contributed by atoms with Crippen LogP contribution in [0.3, 0.4) is 0 Å². The summed E-state index contributed by atoms with van der Waals surface area (Å²) in [7, 11) is 0. The minimum Gasteiger partial charge on any atom is -0.294 e. The number of benzene rings is 2. The minimum atomic E-state index is -0.507. The highest BCUT2D eigenvalue weighted by molar-refractivity contribution is 9.10. The predicted molar refractivity (Wildman–Crippen MR) is 83.9 cm³/mol. The first-order valence-electron chi connectivity index (χ1n) is 6.46. The van der Waals surface area contributed by atoms with Gasteiger partial charge in [0.1, 0.15) is 5.82 Å². The van der Waals surface area contributed by atoms with Gasteiger partial charge in [-0.05, 0) is 45.8 Å². The number of hydrogen-bond donors (Lipinski definition) is 0. The zero-order valence-electron chi connectivity index (χ0n) is 11.0. The van der Waals surface area contributed by atoms with Gasteiger partial charge in [0.2, 0.25) is 0 Å². The molecule has 0 saturated heterocycles. The zero-order valence-corrected chi connectivity index (χ0v) is 12.6. The molecule has 3 aromatic rings. The van der Waals surface area contributed by atoms with Gasteiger partial charge in [-0.1, -0.05) is 24.3 Å². The van der Waals surface area contributed by atoms with Crippen molar-refractivity contribution in [2.45, 2.75) is 6.42 Å². The Morgan fingerprint density at radius 1 is 1.10 bits per heavy atom. The molecule has 0 amide bonds. The summed E-state index contributed by atoms with van der Waals surface area (Å²) >= 11 is 3.24. The highest BCUT2D eigenvalue weighted by atomic mass is 79.9. The first-order valence-corrected chi connectivity index (χ1v) is 7.26. The third kappa shape index (κ3) is 2.72. The zero-order chi connectivity index (χ0) is 14.8. The van der Waals surface area contributed by atoms with Gasteiger partial charge in [0.15, 0.2) is 5.78 Å². The topological polar surface area (TPSA) is 30.0 Å². The molecule has 2 nitrogen and oxygen atoms in total. The van der Waals surface area contributed by atoms with Crippen molar-refractivity contribution in [2.24, 2.45) is 0 Å². The number of pyridine rings is 1. The van der Waals surface area contributed by atoms with Crippen LogP contribution in [0.5, 0.6) is 0 Å². The molecule has 0 aliphatic rings. The highest BCUT2D eigenvalue weighted by Crippen LogP contribution is 2.23. The maximum Gasteiger partial charge on any atom is 0.171 e. The summed E-state index contributed by atoms with van der Waals surface area (Å²) in [6.07, 6.45) is 1.81. The molecule has 0 bridgehead atoms. The van der Waals surface area contributed by atoms with Gasteiger partial charge in [-0.25, -0.2) is 4.39 Å². The van der Waals surface area contributed by atoms with Crippen molar-refractivity contribution >= 4 is 32.6 Å². The Kier molecular flexibility index (Phi) is 3.80. The maximum atomic E-state index is 13.9. The van der Waals surface area contributed by atoms with Gasteiger partial charge >= 0.3 is 0 Å². The van der Waals surface area contributed by atoms with Gasteiger partial charge in [-0.15, -0.1) is 0 Å². The second-order valence-corrected chi connectivity index (χ2v) is 5.54. The molecule has 2 aromatic carbocycles. The monoisotopic (exact) mass is 343 g/mol. The number of rotatable bonds is 3. The van der Waals surface area contributed by atoms with Gasteiger partial charge in [-0.2, -0.15) is 0 Å². The van der Waals surface area contributed by atoms with E-state index in [-0.39, 0.29) is 17.8 Å². The maximum absolute atomic E-state index is 13.9. The van der Waals surface area contributed by atoms with Crippen molar-refractivity contribution in [3.63, 3.8) is 0 Å². The van der Waals surface area contributed by atoms with E-state index in [1.54, 1.807) is 24.4 Å². The smallest absolute Gasteiger partial charge is 0.171 e. The fourth-order valence-corrected chi connectivity index (χ4v) is 2.90. The predicted octanol–water partition coefficient (Wildman–Crippen LogP) is 4.56. The summed E-state index contributed by atoms with van der Waals surface area (Å²) in [6.45, 7) is 0. The number of hydrogen-bond acceptors (Lipinski definition) is 2. The molecule has 1 heterocycles. The van der Waals surface area contributed by atoms with Crippen molar-refractivity contribution in [1.82, 2.24) is 4.98 Å². The van der Waals surface area contributed by atoms with Gasteiger partial charge in [0, 0.05) is 22.5 Å². The Morgan fingerprint density at radius 3 is 2.71 bits per heavy atom. The number of fused-ring (bicyclic) bond motifs is 1. The lowest BCUT2D eigenvalue weighted by Gasteiger charge is -2.07. The lowest BCUT2D eigenvalue weighted by atomic mass is 10.00. The fraction of sp³-hybridized carbons (Fsp3) is 0.0588. The van der Waals surface area contributed by atoms with Crippen molar-refractivity contribution in [1.29, 1.82) is 0 Å². The molecule has 0 aliphatic heterocycles. The largest absolute Gasteiger partial charge is 0.294 e. The van der Waals surface area contributed by atoms with Gasteiger partial charge in [0.25, 0.3) is 0 Å². The van der Waals surface area contributed by atoms with Crippen molar-refractivity contribution in [3.05, 3.63) is 76.1 Å².